The number of carbonyl (C=O) groups is 1. The molecule has 0 spiro atoms. The molecule has 47 heavy (non-hydrogen) atoms. The normalized spacial score (nSPS) is 11.1. The van der Waals surface area contributed by atoms with E-state index >= 15 is 0 Å². The molecule has 0 fully saturated rings. The number of ether oxygens (including phenoxy) is 4. The van der Waals surface area contributed by atoms with Gasteiger partial charge in [0, 0.05) is 6.21 Å². The van der Waals surface area contributed by atoms with Gasteiger partial charge in [-0.05, 0) is 78.6 Å². The first kappa shape index (κ1) is 37.7. The van der Waals surface area contributed by atoms with Gasteiger partial charge in [-0.2, -0.15) is 0 Å². The van der Waals surface area contributed by atoms with Crippen LogP contribution in [0.2, 0.25) is 0 Å². The zero-order valence-electron chi connectivity index (χ0n) is 29.1. The Morgan fingerprint density at radius 1 is 0.638 bits per heavy atom. The van der Waals surface area contributed by atoms with Gasteiger partial charge >= 0.3 is 5.97 Å². The third kappa shape index (κ3) is 15.6. The SMILES string of the molecule is CCCCCCCCCCCCCCCCOC(=O)c1ccc(COc2ccc(C=Nc3ccc(OCCC)cc3)cc2OC)cc1. The van der Waals surface area contributed by atoms with E-state index in [4.69, 9.17) is 18.9 Å². The summed E-state index contributed by atoms with van der Waals surface area (Å²) in [5.41, 5.74) is 3.25. The highest BCUT2D eigenvalue weighted by atomic mass is 16.5. The highest BCUT2D eigenvalue weighted by molar-refractivity contribution is 5.89. The Morgan fingerprint density at radius 3 is 1.85 bits per heavy atom. The first-order valence-corrected chi connectivity index (χ1v) is 18.0. The number of benzene rings is 3. The van der Waals surface area contributed by atoms with Crippen LogP contribution < -0.4 is 14.2 Å². The molecule has 0 aliphatic carbocycles. The lowest BCUT2D eigenvalue weighted by molar-refractivity contribution is 0.0497. The molecule has 0 aromatic heterocycles. The fourth-order valence-electron chi connectivity index (χ4n) is 5.32. The van der Waals surface area contributed by atoms with Gasteiger partial charge in [-0.3, -0.25) is 4.99 Å². The quantitative estimate of drug-likeness (QED) is 0.0522. The van der Waals surface area contributed by atoms with E-state index in [0.717, 1.165) is 41.8 Å². The molecule has 0 radical (unpaired) electrons. The number of carbonyl (C=O) groups excluding carboxylic acids is 1. The fraction of sp³-hybridized carbons (Fsp3) is 0.512. The minimum Gasteiger partial charge on any atom is -0.494 e. The second-order valence-electron chi connectivity index (χ2n) is 12.2. The van der Waals surface area contributed by atoms with Crippen molar-refractivity contribution in [1.82, 2.24) is 0 Å². The van der Waals surface area contributed by atoms with E-state index in [1.807, 2.05) is 54.6 Å². The predicted octanol–water partition coefficient (Wildman–Crippen LogP) is 11.5. The van der Waals surface area contributed by atoms with Gasteiger partial charge < -0.3 is 18.9 Å². The van der Waals surface area contributed by atoms with Crippen molar-refractivity contribution in [3.8, 4) is 17.2 Å². The average molecular weight is 644 g/mol. The van der Waals surface area contributed by atoms with Crippen LogP contribution in [0, 0.1) is 0 Å². The molecule has 0 aliphatic heterocycles. The molecule has 0 N–H and O–H groups in total. The van der Waals surface area contributed by atoms with E-state index in [2.05, 4.69) is 18.8 Å². The Hall–Kier alpha value is -3.80. The minimum atomic E-state index is -0.271. The smallest absolute Gasteiger partial charge is 0.338 e. The van der Waals surface area contributed by atoms with Crippen molar-refractivity contribution in [2.75, 3.05) is 20.3 Å². The molecule has 0 amide bonds. The number of rotatable bonds is 25. The van der Waals surface area contributed by atoms with Crippen molar-refractivity contribution < 1.29 is 23.7 Å². The number of nitrogens with zero attached hydrogens (tertiary/aromatic N) is 1. The zero-order valence-corrected chi connectivity index (χ0v) is 29.1. The van der Waals surface area contributed by atoms with E-state index in [1.54, 1.807) is 25.5 Å². The van der Waals surface area contributed by atoms with E-state index in [-0.39, 0.29) is 5.97 Å². The minimum absolute atomic E-state index is 0.271. The summed E-state index contributed by atoms with van der Waals surface area (Å²) >= 11 is 0. The van der Waals surface area contributed by atoms with Crippen molar-refractivity contribution in [2.24, 2.45) is 4.99 Å². The van der Waals surface area contributed by atoms with Gasteiger partial charge in [-0.25, -0.2) is 4.79 Å². The van der Waals surface area contributed by atoms with Crippen LogP contribution in [0.15, 0.2) is 71.7 Å². The van der Waals surface area contributed by atoms with Gasteiger partial charge in [0.25, 0.3) is 0 Å². The number of hydrogen-bond donors (Lipinski definition) is 0. The Labute approximate surface area is 283 Å². The number of methoxy groups -OCH3 is 1. The molecular weight excluding hydrogens is 586 g/mol. The molecule has 0 heterocycles. The van der Waals surface area contributed by atoms with Crippen LogP contribution in [-0.4, -0.2) is 32.5 Å². The monoisotopic (exact) mass is 643 g/mol. The van der Waals surface area contributed by atoms with Crippen molar-refractivity contribution >= 4 is 17.9 Å². The van der Waals surface area contributed by atoms with Crippen LogP contribution in [0.1, 0.15) is 132 Å². The molecule has 3 aromatic rings. The highest BCUT2D eigenvalue weighted by Crippen LogP contribution is 2.29. The third-order valence-electron chi connectivity index (χ3n) is 8.17. The molecule has 0 saturated carbocycles. The summed E-state index contributed by atoms with van der Waals surface area (Å²) in [7, 11) is 1.62. The second-order valence-corrected chi connectivity index (χ2v) is 12.2. The maximum atomic E-state index is 12.5. The number of aliphatic imine (C=N–C) groups is 1. The van der Waals surface area contributed by atoms with Crippen molar-refractivity contribution in [1.29, 1.82) is 0 Å². The maximum absolute atomic E-state index is 12.5. The number of unbranched alkanes of at least 4 members (excludes halogenated alkanes) is 13. The third-order valence-corrected chi connectivity index (χ3v) is 8.17. The van der Waals surface area contributed by atoms with Gasteiger partial charge in [-0.15, -0.1) is 0 Å². The predicted molar refractivity (Wildman–Crippen MR) is 194 cm³/mol. The Kier molecular flexibility index (Phi) is 18.8. The summed E-state index contributed by atoms with van der Waals surface area (Å²) in [6.45, 7) is 5.89. The maximum Gasteiger partial charge on any atom is 0.338 e. The molecule has 0 atom stereocenters. The Balaban J connectivity index is 1.30. The van der Waals surface area contributed by atoms with Crippen molar-refractivity contribution in [2.45, 2.75) is 117 Å². The van der Waals surface area contributed by atoms with Gasteiger partial charge in [0.05, 0.1) is 31.6 Å². The first-order chi connectivity index (χ1) is 23.1. The molecule has 0 bridgehead atoms. The molecule has 3 rings (SSSR count). The Bertz CT molecular complexity index is 1290. The molecule has 6 heteroatoms. The molecule has 0 saturated heterocycles. The largest absolute Gasteiger partial charge is 0.494 e. The van der Waals surface area contributed by atoms with Crippen LogP contribution in [0.4, 0.5) is 5.69 Å². The van der Waals surface area contributed by atoms with Gasteiger partial charge in [0.2, 0.25) is 0 Å². The lowest BCUT2D eigenvalue weighted by Gasteiger charge is -2.12. The van der Waals surface area contributed by atoms with E-state index in [0.29, 0.717) is 36.9 Å². The van der Waals surface area contributed by atoms with E-state index < -0.39 is 0 Å². The summed E-state index contributed by atoms with van der Waals surface area (Å²) in [4.78, 5) is 17.1. The molecule has 3 aromatic carbocycles. The lowest BCUT2D eigenvalue weighted by atomic mass is 10.0. The second kappa shape index (κ2) is 23.5. The average Bonchev–Trinajstić information content (AvgIpc) is 3.11. The number of hydrogen-bond acceptors (Lipinski definition) is 6. The highest BCUT2D eigenvalue weighted by Gasteiger charge is 2.09. The van der Waals surface area contributed by atoms with E-state index in [9.17, 15) is 4.79 Å². The molecule has 256 valence electrons. The van der Waals surface area contributed by atoms with Crippen molar-refractivity contribution in [3.05, 3.63) is 83.4 Å². The van der Waals surface area contributed by atoms with Gasteiger partial charge in [0.1, 0.15) is 12.4 Å². The summed E-state index contributed by atoms with van der Waals surface area (Å²) < 4.78 is 22.8. The van der Waals surface area contributed by atoms with Crippen LogP contribution >= 0.6 is 0 Å². The van der Waals surface area contributed by atoms with E-state index in [1.165, 1.54) is 77.0 Å². The fourth-order valence-corrected chi connectivity index (χ4v) is 5.32. The van der Waals surface area contributed by atoms with Crippen LogP contribution in [0.25, 0.3) is 0 Å². The van der Waals surface area contributed by atoms with Crippen LogP contribution in [0.5, 0.6) is 17.2 Å². The summed E-state index contributed by atoms with van der Waals surface area (Å²) in [5.74, 6) is 1.84. The lowest BCUT2D eigenvalue weighted by Crippen LogP contribution is -2.07. The Morgan fingerprint density at radius 2 is 1.26 bits per heavy atom. The molecule has 0 aliphatic rings. The van der Waals surface area contributed by atoms with Crippen LogP contribution in [0.3, 0.4) is 0 Å². The van der Waals surface area contributed by atoms with Crippen molar-refractivity contribution in [3.63, 3.8) is 0 Å². The summed E-state index contributed by atoms with van der Waals surface area (Å²) in [6, 6.07) is 20.8. The van der Waals surface area contributed by atoms with Crippen LogP contribution in [-0.2, 0) is 11.3 Å². The molecule has 6 nitrogen and oxygen atoms in total. The summed E-state index contributed by atoms with van der Waals surface area (Å²) in [6.07, 6.45) is 21.1. The zero-order chi connectivity index (χ0) is 33.4. The first-order valence-electron chi connectivity index (χ1n) is 18.0. The topological polar surface area (TPSA) is 66.4 Å². The molecule has 0 unspecified atom stereocenters. The van der Waals surface area contributed by atoms with Gasteiger partial charge in [0.15, 0.2) is 11.5 Å². The summed E-state index contributed by atoms with van der Waals surface area (Å²) in [5, 5.41) is 0. The van der Waals surface area contributed by atoms with Gasteiger partial charge in [-0.1, -0.05) is 109 Å². The standard InChI is InChI=1S/C41H57NO5/c1-4-6-7-8-9-10-11-12-13-14-15-16-17-18-30-46-41(43)36-22-19-34(20-23-36)33-47-39-28-21-35(31-40(39)44-3)32-42-37-24-26-38(27-25-37)45-29-5-2/h19-28,31-32H,4-18,29-30,33H2,1-3H3. The number of esters is 1. The molecular formula is C41H57NO5.